The van der Waals surface area contributed by atoms with E-state index in [1.807, 2.05) is 6.92 Å². The van der Waals surface area contributed by atoms with E-state index >= 15 is 0 Å². The number of para-hydroxylation sites is 1. The van der Waals surface area contributed by atoms with Gasteiger partial charge in [0.2, 0.25) is 0 Å². The van der Waals surface area contributed by atoms with Crippen molar-refractivity contribution in [3.63, 3.8) is 0 Å². The molecule has 5 heteroatoms. The van der Waals surface area contributed by atoms with Gasteiger partial charge in [-0.1, -0.05) is 6.07 Å². The summed E-state index contributed by atoms with van der Waals surface area (Å²) in [5.74, 6) is 0.117. The largest absolute Gasteiger partial charge is 0.494 e. The van der Waals surface area contributed by atoms with E-state index in [2.05, 4.69) is 5.32 Å². The van der Waals surface area contributed by atoms with Crippen LogP contribution < -0.4 is 15.8 Å². The van der Waals surface area contributed by atoms with Crippen molar-refractivity contribution in [1.82, 2.24) is 5.32 Å². The maximum atomic E-state index is 12.0. The minimum absolute atomic E-state index is 0.122. The third-order valence-electron chi connectivity index (χ3n) is 2.57. The molecule has 0 heterocycles. The van der Waals surface area contributed by atoms with Crippen molar-refractivity contribution in [3.05, 3.63) is 23.8 Å². The van der Waals surface area contributed by atoms with Gasteiger partial charge in [-0.25, -0.2) is 0 Å². The van der Waals surface area contributed by atoms with Gasteiger partial charge < -0.3 is 20.9 Å². The first-order valence-corrected chi connectivity index (χ1v) is 5.87. The summed E-state index contributed by atoms with van der Waals surface area (Å²) in [5, 5.41) is 12.1. The summed E-state index contributed by atoms with van der Waals surface area (Å²) in [4.78, 5) is 12.0. The molecule has 1 amide bonds. The molecule has 100 valence electrons. The highest BCUT2D eigenvalue weighted by molar-refractivity contribution is 5.98. The highest BCUT2D eigenvalue weighted by atomic mass is 16.5. The monoisotopic (exact) mass is 252 g/mol. The first-order valence-electron chi connectivity index (χ1n) is 5.87. The smallest absolute Gasteiger partial charge is 0.255 e. The van der Waals surface area contributed by atoms with E-state index in [4.69, 9.17) is 10.5 Å². The molecule has 0 aliphatic carbocycles. The molecule has 1 aromatic rings. The number of anilines is 1. The lowest BCUT2D eigenvalue weighted by Crippen LogP contribution is -2.34. The molecule has 0 aliphatic rings. The molecule has 0 radical (unpaired) electrons. The van der Waals surface area contributed by atoms with Gasteiger partial charge in [-0.15, -0.1) is 0 Å². The summed E-state index contributed by atoms with van der Waals surface area (Å²) < 4.78 is 5.12. The number of hydrogen-bond donors (Lipinski definition) is 3. The molecule has 0 aliphatic heterocycles. The van der Waals surface area contributed by atoms with E-state index in [-0.39, 0.29) is 11.9 Å². The molecule has 5 nitrogen and oxygen atoms in total. The number of nitrogen functional groups attached to an aromatic ring is 1. The topological polar surface area (TPSA) is 84.6 Å². The van der Waals surface area contributed by atoms with Gasteiger partial charge in [0.05, 0.1) is 24.5 Å². The van der Waals surface area contributed by atoms with Crippen LogP contribution in [0.1, 0.15) is 30.6 Å². The second kappa shape index (κ2) is 6.26. The van der Waals surface area contributed by atoms with Crippen LogP contribution in [0.4, 0.5) is 5.69 Å². The Kier molecular flexibility index (Phi) is 4.97. The molecule has 0 fully saturated rings. The summed E-state index contributed by atoms with van der Waals surface area (Å²) in [6.45, 7) is 3.52. The molecule has 0 saturated heterocycles. The SMILES string of the molecule is COc1c(N)cccc1C(=O)NC(C)CC(C)O. The number of aliphatic hydroxyl groups excluding tert-OH is 1. The van der Waals surface area contributed by atoms with E-state index in [1.54, 1.807) is 25.1 Å². The third-order valence-corrected chi connectivity index (χ3v) is 2.57. The number of rotatable bonds is 5. The Morgan fingerprint density at radius 3 is 2.72 bits per heavy atom. The van der Waals surface area contributed by atoms with E-state index in [1.165, 1.54) is 7.11 Å². The van der Waals surface area contributed by atoms with Crippen molar-refractivity contribution in [1.29, 1.82) is 0 Å². The maximum absolute atomic E-state index is 12.0. The molecule has 18 heavy (non-hydrogen) atoms. The summed E-state index contributed by atoms with van der Waals surface area (Å²) in [6, 6.07) is 4.91. The van der Waals surface area contributed by atoms with Gasteiger partial charge in [0.25, 0.3) is 5.91 Å². The number of aliphatic hydroxyl groups is 1. The van der Waals surface area contributed by atoms with Crippen molar-refractivity contribution < 1.29 is 14.6 Å². The van der Waals surface area contributed by atoms with Crippen LogP contribution in [0.15, 0.2) is 18.2 Å². The lowest BCUT2D eigenvalue weighted by Gasteiger charge is -2.17. The van der Waals surface area contributed by atoms with Crippen LogP contribution in [0.25, 0.3) is 0 Å². The zero-order valence-electron chi connectivity index (χ0n) is 10.9. The van der Waals surface area contributed by atoms with Gasteiger partial charge in [0, 0.05) is 6.04 Å². The lowest BCUT2D eigenvalue weighted by molar-refractivity contribution is 0.0920. The predicted octanol–water partition coefficient (Wildman–Crippen LogP) is 1.17. The quantitative estimate of drug-likeness (QED) is 0.687. The van der Waals surface area contributed by atoms with Gasteiger partial charge >= 0.3 is 0 Å². The Morgan fingerprint density at radius 2 is 2.17 bits per heavy atom. The van der Waals surface area contributed by atoms with Crippen molar-refractivity contribution in [2.75, 3.05) is 12.8 Å². The summed E-state index contributed by atoms with van der Waals surface area (Å²) in [5.41, 5.74) is 6.56. The number of carbonyl (C=O) groups excluding carboxylic acids is 1. The number of methoxy groups -OCH3 is 1. The molecule has 0 bridgehead atoms. The number of nitrogens with one attached hydrogen (secondary N) is 1. The third kappa shape index (κ3) is 3.63. The molecule has 1 rings (SSSR count). The number of ether oxygens (including phenoxy) is 1. The Balaban J connectivity index is 2.81. The minimum Gasteiger partial charge on any atom is -0.494 e. The highest BCUT2D eigenvalue weighted by Gasteiger charge is 2.16. The number of amides is 1. The first kappa shape index (κ1) is 14.3. The van der Waals surface area contributed by atoms with Crippen molar-refractivity contribution in [3.8, 4) is 5.75 Å². The van der Waals surface area contributed by atoms with Crippen LogP contribution in [0.2, 0.25) is 0 Å². The fourth-order valence-corrected chi connectivity index (χ4v) is 1.83. The number of benzene rings is 1. The van der Waals surface area contributed by atoms with Gasteiger partial charge in [-0.2, -0.15) is 0 Å². The van der Waals surface area contributed by atoms with Gasteiger partial charge in [0.15, 0.2) is 5.75 Å². The van der Waals surface area contributed by atoms with Crippen molar-refractivity contribution in [2.45, 2.75) is 32.4 Å². The normalized spacial score (nSPS) is 13.8. The predicted molar refractivity (Wildman–Crippen MR) is 70.6 cm³/mol. The molecule has 4 N–H and O–H groups in total. The number of carbonyl (C=O) groups is 1. The Morgan fingerprint density at radius 1 is 1.50 bits per heavy atom. The Labute approximate surface area is 107 Å². The summed E-state index contributed by atoms with van der Waals surface area (Å²) >= 11 is 0. The number of nitrogens with two attached hydrogens (primary N) is 1. The number of hydrogen-bond acceptors (Lipinski definition) is 4. The molecule has 0 aromatic heterocycles. The zero-order chi connectivity index (χ0) is 13.7. The fourth-order valence-electron chi connectivity index (χ4n) is 1.83. The second-order valence-corrected chi connectivity index (χ2v) is 4.39. The highest BCUT2D eigenvalue weighted by Crippen LogP contribution is 2.25. The second-order valence-electron chi connectivity index (χ2n) is 4.39. The molecule has 1 aromatic carbocycles. The first-order chi connectivity index (χ1) is 8.45. The molecule has 2 atom stereocenters. The lowest BCUT2D eigenvalue weighted by atomic mass is 10.1. The van der Waals surface area contributed by atoms with E-state index < -0.39 is 6.10 Å². The van der Waals surface area contributed by atoms with Crippen LogP contribution in [0.3, 0.4) is 0 Å². The minimum atomic E-state index is -0.456. The average Bonchev–Trinajstić information content (AvgIpc) is 2.27. The molecule has 0 saturated carbocycles. The maximum Gasteiger partial charge on any atom is 0.255 e. The Bertz CT molecular complexity index is 419. The molecule has 2 unspecified atom stereocenters. The summed E-state index contributed by atoms with van der Waals surface area (Å²) in [7, 11) is 1.47. The van der Waals surface area contributed by atoms with E-state index in [0.717, 1.165) is 0 Å². The standard InChI is InChI=1S/C13H20N2O3/c1-8(7-9(2)16)15-13(17)10-5-4-6-11(14)12(10)18-3/h4-6,8-9,16H,7,14H2,1-3H3,(H,15,17). The molecule has 0 spiro atoms. The van der Waals surface area contributed by atoms with E-state index in [9.17, 15) is 9.90 Å². The molecular weight excluding hydrogens is 232 g/mol. The van der Waals surface area contributed by atoms with Crippen LogP contribution >= 0.6 is 0 Å². The zero-order valence-corrected chi connectivity index (χ0v) is 10.9. The average molecular weight is 252 g/mol. The fraction of sp³-hybridized carbons (Fsp3) is 0.462. The van der Waals surface area contributed by atoms with Gasteiger partial charge in [-0.05, 0) is 32.4 Å². The van der Waals surface area contributed by atoms with E-state index in [0.29, 0.717) is 23.4 Å². The summed E-state index contributed by atoms with van der Waals surface area (Å²) in [6.07, 6.45) is 0.0409. The van der Waals surface area contributed by atoms with Crippen LogP contribution in [0, 0.1) is 0 Å². The van der Waals surface area contributed by atoms with Crippen molar-refractivity contribution >= 4 is 11.6 Å². The van der Waals surface area contributed by atoms with Crippen LogP contribution in [0.5, 0.6) is 5.75 Å². The van der Waals surface area contributed by atoms with Crippen LogP contribution in [-0.2, 0) is 0 Å². The van der Waals surface area contributed by atoms with Crippen LogP contribution in [-0.4, -0.2) is 30.3 Å². The van der Waals surface area contributed by atoms with Crippen molar-refractivity contribution in [2.24, 2.45) is 0 Å². The van der Waals surface area contributed by atoms with Gasteiger partial charge in [-0.3, -0.25) is 4.79 Å². The Hall–Kier alpha value is -1.75. The van der Waals surface area contributed by atoms with Gasteiger partial charge in [0.1, 0.15) is 0 Å². The molecular formula is C13H20N2O3.